The summed E-state index contributed by atoms with van der Waals surface area (Å²) >= 11 is 0. The fraction of sp³-hybridized carbons (Fsp3) is 0.278. The maximum absolute atomic E-state index is 13.1. The largest absolute Gasteiger partial charge is 0.486 e. The lowest BCUT2D eigenvalue weighted by molar-refractivity contribution is -0.117. The lowest BCUT2D eigenvalue weighted by Crippen LogP contribution is -2.29. The van der Waals surface area contributed by atoms with E-state index in [2.05, 4.69) is 5.32 Å². The zero-order valence-electron chi connectivity index (χ0n) is 13.4. The van der Waals surface area contributed by atoms with Crippen molar-refractivity contribution in [3.63, 3.8) is 0 Å². The molecular formula is C18H19FN2O3. The summed E-state index contributed by atoms with van der Waals surface area (Å²) in [6.45, 7) is 1.90. The number of nitrogens with zero attached hydrogens (tertiary/aromatic N) is 1. The van der Waals surface area contributed by atoms with Crippen molar-refractivity contribution in [3.8, 4) is 11.5 Å². The highest BCUT2D eigenvalue weighted by atomic mass is 19.1. The van der Waals surface area contributed by atoms with Crippen LogP contribution in [0.2, 0.25) is 0 Å². The van der Waals surface area contributed by atoms with E-state index in [1.807, 2.05) is 30.1 Å². The van der Waals surface area contributed by atoms with E-state index >= 15 is 0 Å². The first-order valence-corrected chi connectivity index (χ1v) is 7.72. The van der Waals surface area contributed by atoms with Gasteiger partial charge in [0.1, 0.15) is 19.0 Å². The van der Waals surface area contributed by atoms with Crippen molar-refractivity contribution < 1.29 is 18.7 Å². The lowest BCUT2D eigenvalue weighted by atomic mass is 10.2. The molecule has 5 nitrogen and oxygen atoms in total. The number of likely N-dealkylation sites (N-methyl/N-ethyl adjacent to an activating group) is 1. The van der Waals surface area contributed by atoms with Gasteiger partial charge in [0.2, 0.25) is 5.91 Å². The Kier molecular flexibility index (Phi) is 4.96. The molecule has 126 valence electrons. The molecule has 1 heterocycles. The van der Waals surface area contributed by atoms with Gasteiger partial charge in [0.05, 0.1) is 6.54 Å². The van der Waals surface area contributed by atoms with Crippen LogP contribution in [0, 0.1) is 5.82 Å². The number of anilines is 1. The molecule has 0 unspecified atom stereocenters. The van der Waals surface area contributed by atoms with E-state index in [-0.39, 0.29) is 18.3 Å². The summed E-state index contributed by atoms with van der Waals surface area (Å²) in [5.41, 5.74) is 1.48. The molecule has 1 aliphatic rings. The first kappa shape index (κ1) is 16.3. The van der Waals surface area contributed by atoms with E-state index < -0.39 is 0 Å². The molecule has 1 N–H and O–H groups in total. The summed E-state index contributed by atoms with van der Waals surface area (Å²) in [5, 5.41) is 2.68. The van der Waals surface area contributed by atoms with Crippen LogP contribution in [0.25, 0.3) is 0 Å². The SMILES string of the molecule is CN(CC(=O)Nc1cccc(F)c1)Cc1ccc2c(c1)OCCO2. The standard InChI is InChI=1S/C18H19FN2O3/c1-21(12-18(22)20-15-4-2-3-14(19)10-15)11-13-5-6-16-17(9-13)24-8-7-23-16/h2-6,9-10H,7-8,11-12H2,1H3,(H,20,22). The third-order valence-electron chi connectivity index (χ3n) is 3.58. The van der Waals surface area contributed by atoms with E-state index in [0.29, 0.717) is 25.4 Å². The van der Waals surface area contributed by atoms with Crippen molar-refractivity contribution in [2.45, 2.75) is 6.54 Å². The molecule has 1 aliphatic heterocycles. The van der Waals surface area contributed by atoms with Gasteiger partial charge in [0.15, 0.2) is 11.5 Å². The topological polar surface area (TPSA) is 50.8 Å². The van der Waals surface area contributed by atoms with Crippen LogP contribution in [-0.2, 0) is 11.3 Å². The molecule has 0 saturated heterocycles. The van der Waals surface area contributed by atoms with Gasteiger partial charge in [-0.3, -0.25) is 9.69 Å². The average Bonchev–Trinajstić information content (AvgIpc) is 2.54. The summed E-state index contributed by atoms with van der Waals surface area (Å²) in [6, 6.07) is 11.6. The van der Waals surface area contributed by atoms with Crippen molar-refractivity contribution in [2.24, 2.45) is 0 Å². The molecule has 0 fully saturated rings. The molecule has 24 heavy (non-hydrogen) atoms. The van der Waals surface area contributed by atoms with Gasteiger partial charge in [0, 0.05) is 12.2 Å². The molecule has 0 saturated carbocycles. The van der Waals surface area contributed by atoms with Gasteiger partial charge in [0.25, 0.3) is 0 Å². The molecule has 0 aromatic heterocycles. The Labute approximate surface area is 140 Å². The van der Waals surface area contributed by atoms with Crippen LogP contribution in [0.4, 0.5) is 10.1 Å². The molecule has 1 amide bonds. The number of hydrogen-bond acceptors (Lipinski definition) is 4. The van der Waals surface area contributed by atoms with Crippen molar-refractivity contribution in [2.75, 3.05) is 32.1 Å². The second-order valence-corrected chi connectivity index (χ2v) is 5.71. The van der Waals surface area contributed by atoms with Crippen molar-refractivity contribution in [1.29, 1.82) is 0 Å². The van der Waals surface area contributed by atoms with Crippen LogP contribution in [0.3, 0.4) is 0 Å². The quantitative estimate of drug-likeness (QED) is 0.916. The van der Waals surface area contributed by atoms with Gasteiger partial charge in [-0.2, -0.15) is 0 Å². The van der Waals surface area contributed by atoms with Gasteiger partial charge < -0.3 is 14.8 Å². The number of amides is 1. The molecule has 0 aliphatic carbocycles. The number of fused-ring (bicyclic) bond motifs is 1. The first-order valence-electron chi connectivity index (χ1n) is 7.72. The van der Waals surface area contributed by atoms with Gasteiger partial charge >= 0.3 is 0 Å². The van der Waals surface area contributed by atoms with Crippen LogP contribution in [0.5, 0.6) is 11.5 Å². The Hall–Kier alpha value is -2.60. The highest BCUT2D eigenvalue weighted by Gasteiger charge is 2.13. The maximum Gasteiger partial charge on any atom is 0.238 e. The smallest absolute Gasteiger partial charge is 0.238 e. The number of benzene rings is 2. The fourth-order valence-electron chi connectivity index (χ4n) is 2.57. The third kappa shape index (κ3) is 4.23. The second-order valence-electron chi connectivity index (χ2n) is 5.71. The van der Waals surface area contributed by atoms with Crippen molar-refractivity contribution in [1.82, 2.24) is 4.90 Å². The first-order chi connectivity index (χ1) is 11.6. The molecule has 0 bridgehead atoms. The van der Waals surface area contributed by atoms with Crippen LogP contribution in [0.1, 0.15) is 5.56 Å². The maximum atomic E-state index is 13.1. The second kappa shape index (κ2) is 7.31. The van der Waals surface area contributed by atoms with E-state index in [0.717, 1.165) is 17.1 Å². The highest BCUT2D eigenvalue weighted by Crippen LogP contribution is 2.30. The number of rotatable bonds is 5. The number of nitrogens with one attached hydrogen (secondary N) is 1. The third-order valence-corrected chi connectivity index (χ3v) is 3.58. The molecular weight excluding hydrogens is 311 g/mol. The number of hydrogen-bond donors (Lipinski definition) is 1. The van der Waals surface area contributed by atoms with Crippen LogP contribution < -0.4 is 14.8 Å². The normalized spacial score (nSPS) is 13.0. The van der Waals surface area contributed by atoms with Crippen molar-refractivity contribution in [3.05, 3.63) is 53.8 Å². The lowest BCUT2D eigenvalue weighted by Gasteiger charge is -2.21. The van der Waals surface area contributed by atoms with Gasteiger partial charge in [-0.05, 0) is 42.9 Å². The summed E-state index contributed by atoms with van der Waals surface area (Å²) in [6.07, 6.45) is 0. The molecule has 0 radical (unpaired) electrons. The predicted octanol–water partition coefficient (Wildman–Crippen LogP) is 2.67. The molecule has 2 aromatic carbocycles. The summed E-state index contributed by atoms with van der Waals surface area (Å²) < 4.78 is 24.2. The Morgan fingerprint density at radius 1 is 1.17 bits per heavy atom. The van der Waals surface area contributed by atoms with Crippen LogP contribution in [0.15, 0.2) is 42.5 Å². The van der Waals surface area contributed by atoms with Gasteiger partial charge in [-0.1, -0.05) is 12.1 Å². The predicted molar refractivity (Wildman–Crippen MR) is 88.8 cm³/mol. The molecule has 0 atom stereocenters. The Morgan fingerprint density at radius 3 is 2.75 bits per heavy atom. The van der Waals surface area contributed by atoms with Gasteiger partial charge in [-0.25, -0.2) is 4.39 Å². The zero-order valence-corrected chi connectivity index (χ0v) is 13.4. The van der Waals surface area contributed by atoms with Gasteiger partial charge in [-0.15, -0.1) is 0 Å². The fourth-order valence-corrected chi connectivity index (χ4v) is 2.57. The van der Waals surface area contributed by atoms with Crippen LogP contribution >= 0.6 is 0 Å². The minimum Gasteiger partial charge on any atom is -0.486 e. The summed E-state index contributed by atoms with van der Waals surface area (Å²) in [5.74, 6) is 0.908. The number of ether oxygens (including phenoxy) is 2. The highest BCUT2D eigenvalue weighted by molar-refractivity contribution is 5.92. The van der Waals surface area contributed by atoms with E-state index in [4.69, 9.17) is 9.47 Å². The van der Waals surface area contributed by atoms with E-state index in [1.54, 1.807) is 12.1 Å². The zero-order chi connectivity index (χ0) is 16.9. The minimum atomic E-state index is -0.377. The monoisotopic (exact) mass is 330 g/mol. The van der Waals surface area contributed by atoms with E-state index in [1.165, 1.54) is 12.1 Å². The number of carbonyl (C=O) groups excluding carboxylic acids is 1. The average molecular weight is 330 g/mol. The molecule has 2 aromatic rings. The Morgan fingerprint density at radius 2 is 1.96 bits per heavy atom. The molecule has 3 rings (SSSR count). The summed E-state index contributed by atoms with van der Waals surface area (Å²) in [4.78, 5) is 13.9. The van der Waals surface area contributed by atoms with Crippen molar-refractivity contribution >= 4 is 11.6 Å². The Balaban J connectivity index is 1.55. The minimum absolute atomic E-state index is 0.194. The molecule has 0 spiro atoms. The number of carbonyl (C=O) groups is 1. The van der Waals surface area contributed by atoms with E-state index in [9.17, 15) is 9.18 Å². The van der Waals surface area contributed by atoms with Crippen LogP contribution in [-0.4, -0.2) is 37.6 Å². The molecule has 6 heteroatoms. The number of halogens is 1. The summed E-state index contributed by atoms with van der Waals surface area (Å²) in [7, 11) is 1.85. The Bertz CT molecular complexity index is 736.